The quantitative estimate of drug-likeness (QED) is 0.0211. The van der Waals surface area contributed by atoms with E-state index < -0.39 is 70.2 Å². The Kier molecular flexibility index (Phi) is 22.2. The van der Waals surface area contributed by atoms with Crippen molar-refractivity contribution in [2.24, 2.45) is 11.8 Å². The second-order valence-corrected chi connectivity index (χ2v) is 31.8. The largest absolute Gasteiger partial charge is 0.505 e. The predicted molar refractivity (Wildman–Crippen MR) is 410 cm³/mol. The molecule has 0 fully saturated rings. The normalized spacial score (nSPS) is 12.8. The molecule has 4 N–H and O–H groups in total. The molecule has 0 saturated heterocycles. The Bertz CT molecular complexity index is 4860. The van der Waals surface area contributed by atoms with Gasteiger partial charge in [-0.15, -0.1) is 60.0 Å². The number of hydrogen-bond acceptors (Lipinski definition) is 20. The lowest BCUT2D eigenvalue weighted by Gasteiger charge is -2.24. The van der Waals surface area contributed by atoms with E-state index in [-0.39, 0.29) is 62.3 Å². The van der Waals surface area contributed by atoms with Gasteiger partial charge in [-0.2, -0.15) is 0 Å². The molecule has 12 aromatic rings. The van der Waals surface area contributed by atoms with Gasteiger partial charge in [-0.25, -0.2) is 0 Å². The second-order valence-electron chi connectivity index (χ2n) is 31.8. The van der Waals surface area contributed by atoms with E-state index >= 15 is 9.59 Å². The number of ether oxygens (including phenoxy) is 4. The number of rotatable bonds is 27. The van der Waals surface area contributed by atoms with E-state index in [0.717, 1.165) is 22.3 Å². The second kappa shape index (κ2) is 31.5. The van der Waals surface area contributed by atoms with Crippen LogP contribution in [0.25, 0.3) is 66.9 Å². The summed E-state index contributed by atoms with van der Waals surface area (Å²) in [6.07, 6.45) is 1.20. The van der Waals surface area contributed by atoms with E-state index in [2.05, 4.69) is 40.8 Å². The van der Waals surface area contributed by atoms with Crippen molar-refractivity contribution in [3.63, 3.8) is 0 Å². The first-order valence-electron chi connectivity index (χ1n) is 36.7. The average Bonchev–Trinajstić information content (AvgIpc) is 1.49. The van der Waals surface area contributed by atoms with E-state index in [1.807, 2.05) is 204 Å². The van der Waals surface area contributed by atoms with Crippen molar-refractivity contribution in [2.75, 3.05) is 26.4 Å². The van der Waals surface area contributed by atoms with Crippen LogP contribution in [0, 0.1) is 11.8 Å². The Balaban J connectivity index is 0.808. The van der Waals surface area contributed by atoms with E-state index in [1.54, 1.807) is 24.3 Å². The van der Waals surface area contributed by atoms with Crippen LogP contribution in [0.1, 0.15) is 166 Å². The standard InChI is InChI=1S/C84H94N12O12/c1-81(2,3)57-41-51(45-69(75(57)99)93-85-61-29-13-14-30-62(61)86-93)25-21-37-105-73(97)49-55(79(103)107-39-23-27-53-43-59(83(7,8)9)77(101)71(47-53)95-89-65-33-17-18-34-66(65)90-95)56(80(104)108-40-24-28-54-44-60(84(10,11)12)78(102)72(48-54)96-91-67-35-19-20-36-68(67)92-96)50-74(98)106-38-22-26-52-42-58(82(4,5)6)76(100)70(46-52)94-87-63-31-15-16-32-64(63)88-94/h13-20,29-36,41-48,55-56,99-102H,21-28,37-40,49-50H2,1-12H3. The summed E-state index contributed by atoms with van der Waals surface area (Å²) in [5, 5.41) is 84.0. The maximum absolute atomic E-state index is 15.1. The number of nitrogens with zero attached hydrogens (tertiary/aromatic N) is 12. The fraction of sp³-hybridized carbons (Fsp3) is 0.381. The summed E-state index contributed by atoms with van der Waals surface area (Å²) >= 11 is 0. The summed E-state index contributed by atoms with van der Waals surface area (Å²) in [4.78, 5) is 64.8. The Morgan fingerprint density at radius 2 is 0.509 bits per heavy atom. The molecule has 0 aliphatic rings. The van der Waals surface area contributed by atoms with Gasteiger partial charge < -0.3 is 39.4 Å². The summed E-state index contributed by atoms with van der Waals surface area (Å²) in [6.45, 7) is 23.2. The van der Waals surface area contributed by atoms with Crippen LogP contribution in [-0.2, 0) is 85.5 Å². The van der Waals surface area contributed by atoms with Crippen LogP contribution >= 0.6 is 0 Å². The summed E-state index contributed by atoms with van der Waals surface area (Å²) in [5.41, 5.74) is 10.4. The van der Waals surface area contributed by atoms with Crippen LogP contribution < -0.4 is 0 Å². The molecule has 0 amide bonds. The number of carbonyl (C=O) groups is 4. The van der Waals surface area contributed by atoms with Gasteiger partial charge in [0.2, 0.25) is 0 Å². The molecule has 0 bridgehead atoms. The Morgan fingerprint density at radius 3 is 0.704 bits per heavy atom. The first-order valence-corrected chi connectivity index (χ1v) is 36.7. The molecule has 2 unspecified atom stereocenters. The fourth-order valence-corrected chi connectivity index (χ4v) is 13.3. The first-order chi connectivity index (χ1) is 51.3. The number of hydrogen-bond donors (Lipinski definition) is 4. The molecular formula is C84H94N12O12. The van der Waals surface area contributed by atoms with E-state index in [0.29, 0.717) is 128 Å². The van der Waals surface area contributed by atoms with Crippen LogP contribution in [-0.4, -0.2) is 131 Å². The van der Waals surface area contributed by atoms with Gasteiger partial charge in [0, 0.05) is 22.3 Å². The Hall–Kier alpha value is -11.6. The Morgan fingerprint density at radius 1 is 0.315 bits per heavy atom. The third-order valence-corrected chi connectivity index (χ3v) is 19.2. The number of benzene rings is 8. The third kappa shape index (κ3) is 17.6. The van der Waals surface area contributed by atoms with Crippen molar-refractivity contribution in [1.82, 2.24) is 60.0 Å². The zero-order valence-corrected chi connectivity index (χ0v) is 63.3. The molecule has 0 spiro atoms. The van der Waals surface area contributed by atoms with Crippen molar-refractivity contribution in [1.29, 1.82) is 0 Å². The SMILES string of the molecule is CC(C)(C)c1cc(CCCOC(=O)CC(C(=O)OCCCc2cc(-n3nc4ccccc4n3)c(O)c(C(C)(C)C)c2)C(CC(=O)OCCCc2cc(-n3nc4ccccc4n3)c(O)c(C(C)(C)C)c2)C(=O)OCCCc2cc(-n3nc4ccccc4n3)c(O)c(C(C)(C)C)c2)cc(-n2nc3ccccc3n2)c1O. The van der Waals surface area contributed by atoms with Crippen LogP contribution in [0.3, 0.4) is 0 Å². The van der Waals surface area contributed by atoms with Gasteiger partial charge in [-0.3, -0.25) is 19.2 Å². The van der Waals surface area contributed by atoms with Crippen LogP contribution in [0.5, 0.6) is 23.0 Å². The highest BCUT2D eigenvalue weighted by molar-refractivity contribution is 5.89. The van der Waals surface area contributed by atoms with Gasteiger partial charge in [0.25, 0.3) is 0 Å². The zero-order chi connectivity index (χ0) is 77.0. The predicted octanol–water partition coefficient (Wildman–Crippen LogP) is 14.7. The number of phenols is 4. The van der Waals surface area contributed by atoms with Gasteiger partial charge in [0.05, 0.1) is 51.1 Å². The van der Waals surface area contributed by atoms with Gasteiger partial charge in [0.15, 0.2) is 0 Å². The van der Waals surface area contributed by atoms with Gasteiger partial charge in [-0.05, 0) is 168 Å². The highest BCUT2D eigenvalue weighted by atomic mass is 16.6. The van der Waals surface area contributed by atoms with Crippen molar-refractivity contribution < 1.29 is 58.6 Å². The van der Waals surface area contributed by atoms with Crippen molar-refractivity contribution in [2.45, 2.75) is 169 Å². The molecule has 4 aromatic heterocycles. The van der Waals surface area contributed by atoms with Crippen LogP contribution in [0.15, 0.2) is 146 Å². The summed E-state index contributed by atoms with van der Waals surface area (Å²) < 4.78 is 24.0. The lowest BCUT2D eigenvalue weighted by Crippen LogP contribution is -2.37. The molecule has 2 atom stereocenters. The van der Waals surface area contributed by atoms with Gasteiger partial charge >= 0.3 is 23.9 Å². The van der Waals surface area contributed by atoms with Crippen molar-refractivity contribution >= 4 is 68.0 Å². The molecule has 12 rings (SSSR count). The minimum absolute atomic E-state index is 0.0184. The number of aryl methyl sites for hydroxylation is 4. The van der Waals surface area contributed by atoms with Crippen molar-refractivity contribution in [3.05, 3.63) is 190 Å². The van der Waals surface area contributed by atoms with E-state index in [9.17, 15) is 30.0 Å². The number of aromatic hydroxyl groups is 4. The number of phenolic OH excluding ortho intramolecular Hbond substituents is 4. The highest BCUT2D eigenvalue weighted by Crippen LogP contribution is 2.42. The smallest absolute Gasteiger partial charge is 0.310 e. The van der Waals surface area contributed by atoms with E-state index in [4.69, 9.17) is 18.9 Å². The molecule has 8 aromatic carbocycles. The minimum Gasteiger partial charge on any atom is -0.505 e. The molecule has 108 heavy (non-hydrogen) atoms. The number of carbonyl (C=O) groups excluding carboxylic acids is 4. The molecular weight excluding hydrogens is 1370 g/mol. The lowest BCUT2D eigenvalue weighted by molar-refractivity contribution is -0.167. The van der Waals surface area contributed by atoms with Gasteiger partial charge in [-0.1, -0.05) is 156 Å². The maximum atomic E-state index is 15.1. The molecule has 0 aliphatic heterocycles. The molecule has 24 nitrogen and oxygen atoms in total. The Labute approximate surface area is 626 Å². The average molecular weight is 1460 g/mol. The molecule has 0 saturated carbocycles. The minimum atomic E-state index is -1.62. The number of esters is 4. The van der Waals surface area contributed by atoms with Gasteiger partial charge in [0.1, 0.15) is 89.9 Å². The zero-order valence-electron chi connectivity index (χ0n) is 63.3. The molecule has 0 radical (unpaired) electrons. The third-order valence-electron chi connectivity index (χ3n) is 19.2. The number of fused-ring (bicyclic) bond motifs is 4. The number of aromatic nitrogens is 12. The summed E-state index contributed by atoms with van der Waals surface area (Å²) in [6, 6.07) is 44.4. The highest BCUT2D eigenvalue weighted by Gasteiger charge is 2.41. The monoisotopic (exact) mass is 1460 g/mol. The fourth-order valence-electron chi connectivity index (χ4n) is 13.3. The summed E-state index contributed by atoms with van der Waals surface area (Å²) in [7, 11) is 0. The molecule has 24 heteroatoms. The first kappa shape index (κ1) is 76.1. The lowest BCUT2D eigenvalue weighted by atomic mass is 9.84. The maximum Gasteiger partial charge on any atom is 0.310 e. The van der Waals surface area contributed by atoms with Crippen molar-refractivity contribution in [3.8, 4) is 45.7 Å². The van der Waals surface area contributed by atoms with Crippen LogP contribution in [0.4, 0.5) is 0 Å². The van der Waals surface area contributed by atoms with Crippen LogP contribution in [0.2, 0.25) is 0 Å². The molecule has 0 aliphatic carbocycles. The topological polar surface area (TPSA) is 309 Å². The molecule has 4 heterocycles. The molecule has 562 valence electrons. The van der Waals surface area contributed by atoms with E-state index in [1.165, 1.54) is 19.2 Å². The summed E-state index contributed by atoms with van der Waals surface area (Å²) in [5.74, 6) is -6.74.